The van der Waals surface area contributed by atoms with Gasteiger partial charge in [0.05, 0.1) is 0 Å². The van der Waals surface area contributed by atoms with Gasteiger partial charge in [-0.25, -0.2) is 4.98 Å². The van der Waals surface area contributed by atoms with Crippen LogP contribution in [-0.4, -0.2) is 10.9 Å². The zero-order valence-electron chi connectivity index (χ0n) is 10.2. The van der Waals surface area contributed by atoms with Crippen LogP contribution in [0.15, 0.2) is 40.9 Å². The third-order valence-corrected chi connectivity index (χ3v) is 3.07. The van der Waals surface area contributed by atoms with Crippen LogP contribution in [0.2, 0.25) is 0 Å². The van der Waals surface area contributed by atoms with Crippen LogP contribution in [-0.2, 0) is 0 Å². The van der Waals surface area contributed by atoms with Gasteiger partial charge in [-0.3, -0.25) is 4.79 Å². The summed E-state index contributed by atoms with van der Waals surface area (Å²) in [6.07, 6.45) is 0. The second-order valence-corrected chi connectivity index (χ2v) is 4.99. The van der Waals surface area contributed by atoms with Gasteiger partial charge in [-0.15, -0.1) is 0 Å². The molecule has 1 aromatic carbocycles. The molecule has 0 bridgehead atoms. The number of carbonyl (C=O) groups is 1. The largest absolute Gasteiger partial charge is 0.307 e. The van der Waals surface area contributed by atoms with Gasteiger partial charge >= 0.3 is 0 Å². The Kier molecular flexibility index (Phi) is 3.77. The molecule has 92 valence electrons. The van der Waals surface area contributed by atoms with E-state index in [1.807, 2.05) is 38.1 Å². The lowest BCUT2D eigenvalue weighted by atomic mass is 10.1. The monoisotopic (exact) mass is 304 g/mol. The summed E-state index contributed by atoms with van der Waals surface area (Å²) in [5.74, 6) is 0.422. The number of hydrogen-bond donors (Lipinski definition) is 1. The number of carbonyl (C=O) groups excluding carboxylic acids is 1. The number of anilines is 1. The first kappa shape index (κ1) is 12.8. The first-order chi connectivity index (χ1) is 8.56. The molecule has 0 aliphatic heterocycles. The first-order valence-corrected chi connectivity index (χ1v) is 6.37. The van der Waals surface area contributed by atoms with Gasteiger partial charge < -0.3 is 5.32 Å². The van der Waals surface area contributed by atoms with Crippen molar-refractivity contribution in [3.63, 3.8) is 0 Å². The molecule has 4 heteroatoms. The molecule has 1 heterocycles. The molecule has 18 heavy (non-hydrogen) atoms. The fourth-order valence-electron chi connectivity index (χ4n) is 1.64. The minimum absolute atomic E-state index is 0.146. The summed E-state index contributed by atoms with van der Waals surface area (Å²) in [4.78, 5) is 16.4. The molecule has 0 aliphatic rings. The van der Waals surface area contributed by atoms with Crippen LogP contribution in [0.5, 0.6) is 0 Å². The molecule has 0 saturated carbocycles. The second kappa shape index (κ2) is 5.31. The quantitative estimate of drug-likeness (QED) is 0.919. The third-order valence-electron chi connectivity index (χ3n) is 2.57. The average molecular weight is 305 g/mol. The molecular formula is C14H13BrN2O. The number of pyridine rings is 1. The molecule has 0 spiro atoms. The lowest BCUT2D eigenvalue weighted by molar-refractivity contribution is 0.102. The van der Waals surface area contributed by atoms with Gasteiger partial charge in [0.15, 0.2) is 0 Å². The summed E-state index contributed by atoms with van der Waals surface area (Å²) in [5.41, 5.74) is 2.45. The molecule has 0 aliphatic carbocycles. The summed E-state index contributed by atoms with van der Waals surface area (Å²) >= 11 is 3.37. The van der Waals surface area contributed by atoms with Crippen LogP contribution in [0, 0.1) is 13.8 Å². The Bertz CT molecular complexity index is 596. The fourth-order valence-corrected chi connectivity index (χ4v) is 2.00. The number of aryl methyl sites for hydroxylation is 2. The molecule has 3 nitrogen and oxygen atoms in total. The zero-order chi connectivity index (χ0) is 13.1. The fraction of sp³-hybridized carbons (Fsp3) is 0.143. The molecular weight excluding hydrogens is 292 g/mol. The van der Waals surface area contributed by atoms with Crippen molar-refractivity contribution in [1.82, 2.24) is 4.98 Å². The van der Waals surface area contributed by atoms with Crippen molar-refractivity contribution in [3.8, 4) is 0 Å². The minimum atomic E-state index is -0.146. The van der Waals surface area contributed by atoms with Gasteiger partial charge in [0.1, 0.15) is 5.82 Å². The minimum Gasteiger partial charge on any atom is -0.307 e. The molecule has 2 rings (SSSR count). The Labute approximate surface area is 114 Å². The zero-order valence-corrected chi connectivity index (χ0v) is 11.8. The van der Waals surface area contributed by atoms with Crippen molar-refractivity contribution < 1.29 is 4.79 Å². The molecule has 2 aromatic rings. The van der Waals surface area contributed by atoms with E-state index in [1.54, 1.807) is 12.1 Å². The number of amides is 1. The number of nitrogens with zero attached hydrogens (tertiary/aromatic N) is 1. The number of halogens is 1. The highest BCUT2D eigenvalue weighted by Crippen LogP contribution is 2.17. The van der Waals surface area contributed by atoms with Crippen LogP contribution < -0.4 is 5.32 Å². The maximum absolute atomic E-state index is 12.1. The Morgan fingerprint density at radius 3 is 2.72 bits per heavy atom. The van der Waals surface area contributed by atoms with E-state index in [-0.39, 0.29) is 5.91 Å². The molecule has 0 atom stereocenters. The van der Waals surface area contributed by atoms with Crippen LogP contribution in [0.1, 0.15) is 21.6 Å². The van der Waals surface area contributed by atoms with Crippen LogP contribution in [0.4, 0.5) is 5.82 Å². The Morgan fingerprint density at radius 1 is 1.22 bits per heavy atom. The normalized spacial score (nSPS) is 10.2. The van der Waals surface area contributed by atoms with Crippen molar-refractivity contribution in [2.45, 2.75) is 13.8 Å². The molecule has 0 unspecified atom stereocenters. The summed E-state index contributed by atoms with van der Waals surface area (Å²) < 4.78 is 0.885. The molecule has 0 fully saturated rings. The average Bonchev–Trinajstić information content (AvgIpc) is 2.32. The van der Waals surface area contributed by atoms with Gasteiger partial charge in [-0.05, 0) is 43.7 Å². The summed E-state index contributed by atoms with van der Waals surface area (Å²) in [5, 5.41) is 2.80. The van der Waals surface area contributed by atoms with Gasteiger partial charge in [0.2, 0.25) is 0 Å². The number of nitrogens with one attached hydrogen (secondary N) is 1. The second-order valence-electron chi connectivity index (χ2n) is 4.08. The Balaban J connectivity index is 2.24. The van der Waals surface area contributed by atoms with E-state index in [9.17, 15) is 4.79 Å². The predicted molar refractivity (Wildman–Crippen MR) is 75.8 cm³/mol. The van der Waals surface area contributed by atoms with E-state index in [4.69, 9.17) is 0 Å². The van der Waals surface area contributed by atoms with Crippen molar-refractivity contribution >= 4 is 27.7 Å². The lowest BCUT2D eigenvalue weighted by Gasteiger charge is -2.08. The van der Waals surface area contributed by atoms with E-state index in [2.05, 4.69) is 26.2 Å². The van der Waals surface area contributed by atoms with E-state index < -0.39 is 0 Å². The topological polar surface area (TPSA) is 42.0 Å². The van der Waals surface area contributed by atoms with E-state index >= 15 is 0 Å². The highest BCUT2D eigenvalue weighted by Gasteiger charge is 2.10. The summed E-state index contributed by atoms with van der Waals surface area (Å²) in [7, 11) is 0. The van der Waals surface area contributed by atoms with Crippen LogP contribution in [0.25, 0.3) is 0 Å². The van der Waals surface area contributed by atoms with Crippen LogP contribution >= 0.6 is 15.9 Å². The standard InChI is InChI=1S/C14H13BrN2O/c1-9-6-7-11(15)8-12(9)14(18)17-13-5-3-4-10(2)16-13/h3-8H,1-2H3,(H,16,17,18). The molecule has 0 saturated heterocycles. The van der Waals surface area contributed by atoms with Gasteiger partial charge in [0, 0.05) is 15.7 Å². The molecule has 1 amide bonds. The maximum Gasteiger partial charge on any atom is 0.257 e. The van der Waals surface area contributed by atoms with Gasteiger partial charge in [0.25, 0.3) is 5.91 Å². The Hall–Kier alpha value is -1.68. The summed E-state index contributed by atoms with van der Waals surface area (Å²) in [6.45, 7) is 3.80. The van der Waals surface area contributed by atoms with Crippen LogP contribution in [0.3, 0.4) is 0 Å². The third kappa shape index (κ3) is 2.96. The first-order valence-electron chi connectivity index (χ1n) is 5.57. The van der Waals surface area contributed by atoms with Crippen molar-refractivity contribution in [3.05, 3.63) is 57.7 Å². The van der Waals surface area contributed by atoms with Crippen molar-refractivity contribution in [2.24, 2.45) is 0 Å². The van der Waals surface area contributed by atoms with Crippen molar-refractivity contribution in [2.75, 3.05) is 5.32 Å². The highest BCUT2D eigenvalue weighted by atomic mass is 79.9. The smallest absolute Gasteiger partial charge is 0.257 e. The van der Waals surface area contributed by atoms with Crippen molar-refractivity contribution in [1.29, 1.82) is 0 Å². The number of hydrogen-bond acceptors (Lipinski definition) is 2. The summed E-state index contributed by atoms with van der Waals surface area (Å²) in [6, 6.07) is 11.2. The molecule has 1 aromatic heterocycles. The lowest BCUT2D eigenvalue weighted by Crippen LogP contribution is -2.14. The van der Waals surface area contributed by atoms with E-state index in [1.165, 1.54) is 0 Å². The Morgan fingerprint density at radius 2 is 2.00 bits per heavy atom. The van der Waals surface area contributed by atoms with Gasteiger partial charge in [-0.1, -0.05) is 28.1 Å². The predicted octanol–water partition coefficient (Wildman–Crippen LogP) is 3.71. The van der Waals surface area contributed by atoms with Gasteiger partial charge in [-0.2, -0.15) is 0 Å². The SMILES string of the molecule is Cc1cccc(NC(=O)c2cc(Br)ccc2C)n1. The maximum atomic E-state index is 12.1. The van der Waals surface area contributed by atoms with E-state index in [0.29, 0.717) is 11.4 Å². The molecule has 0 radical (unpaired) electrons. The highest BCUT2D eigenvalue weighted by molar-refractivity contribution is 9.10. The number of aromatic nitrogens is 1. The molecule has 1 N–H and O–H groups in total. The van der Waals surface area contributed by atoms with E-state index in [0.717, 1.165) is 15.7 Å². The number of rotatable bonds is 2. The number of benzene rings is 1.